The molecule has 0 aliphatic carbocycles. The van der Waals surface area contributed by atoms with Crippen molar-refractivity contribution in [3.63, 3.8) is 0 Å². The lowest BCUT2D eigenvalue weighted by Crippen LogP contribution is -2.21. The summed E-state index contributed by atoms with van der Waals surface area (Å²) >= 11 is 0. The van der Waals surface area contributed by atoms with Crippen molar-refractivity contribution in [2.24, 2.45) is 5.41 Å². The predicted octanol–water partition coefficient (Wildman–Crippen LogP) is 0.853. The minimum atomic E-state index is -0.229. The second kappa shape index (κ2) is 2.32. The Balaban J connectivity index is 2.32. The number of nitrogens with one attached hydrogen (secondary N) is 1. The molecule has 1 N–H and O–H groups in total. The number of carbonyl (C=O) groups excluding carboxylic acids is 1. The third-order valence-corrected chi connectivity index (χ3v) is 1.49. The van der Waals surface area contributed by atoms with Crippen LogP contribution >= 0.6 is 0 Å². The normalized spacial score (nSPS) is 24.5. The highest BCUT2D eigenvalue weighted by atomic mass is 16.8. The van der Waals surface area contributed by atoms with Gasteiger partial charge >= 0.3 is 0 Å². The van der Waals surface area contributed by atoms with E-state index in [0.717, 1.165) is 0 Å². The second-order valence-electron chi connectivity index (χ2n) is 3.60. The zero-order chi connectivity index (χ0) is 7.78. The van der Waals surface area contributed by atoms with Crippen LogP contribution in [0.4, 0.5) is 0 Å². The zero-order valence-electron chi connectivity index (χ0n) is 6.60. The maximum atomic E-state index is 11.2. The van der Waals surface area contributed by atoms with Crippen LogP contribution in [0.5, 0.6) is 0 Å². The maximum Gasteiger partial charge on any atom is 0.158 e. The molecule has 1 aliphatic heterocycles. The molecule has 0 saturated carbocycles. The average molecular weight is 143 g/mol. The van der Waals surface area contributed by atoms with E-state index in [4.69, 9.17) is 4.84 Å². The van der Waals surface area contributed by atoms with E-state index in [0.29, 0.717) is 6.42 Å². The topological polar surface area (TPSA) is 51.5 Å². The molecule has 0 bridgehead atoms. The van der Waals surface area contributed by atoms with Crippen LogP contribution in [-0.4, -0.2) is 12.0 Å². The van der Waals surface area contributed by atoms with Gasteiger partial charge in [0.25, 0.3) is 0 Å². The number of rotatable bonds is 2. The fraction of sp³-hybridized carbons (Fsp3) is 0.857. The first-order valence-electron chi connectivity index (χ1n) is 3.44. The van der Waals surface area contributed by atoms with Gasteiger partial charge in [-0.05, 0) is 0 Å². The summed E-state index contributed by atoms with van der Waals surface area (Å²) in [7, 11) is 0. The van der Waals surface area contributed by atoms with Crippen LogP contribution in [0, 0.1) is 5.41 Å². The smallest absolute Gasteiger partial charge is 0.158 e. The average Bonchev–Trinajstić information content (AvgIpc) is 2.47. The molecule has 1 rings (SSSR count). The van der Waals surface area contributed by atoms with Crippen LogP contribution in [0.15, 0.2) is 0 Å². The number of hydrogen-bond donors (Lipinski definition) is 1. The van der Waals surface area contributed by atoms with E-state index in [1.165, 1.54) is 0 Å². The molecule has 10 heavy (non-hydrogen) atoms. The molecule has 1 saturated heterocycles. The van der Waals surface area contributed by atoms with Crippen molar-refractivity contribution >= 4 is 5.78 Å². The number of hydroxylamine groups is 1. The van der Waals surface area contributed by atoms with Crippen molar-refractivity contribution in [2.45, 2.75) is 33.4 Å². The molecule has 1 unspecified atom stereocenters. The summed E-state index contributed by atoms with van der Waals surface area (Å²) < 4.78 is 0. The Morgan fingerprint density at radius 1 is 1.60 bits per heavy atom. The zero-order valence-corrected chi connectivity index (χ0v) is 6.60. The molecule has 1 atom stereocenters. The first kappa shape index (κ1) is 7.69. The summed E-state index contributed by atoms with van der Waals surface area (Å²) in [6.45, 7) is 5.74. The molecule has 3 nitrogen and oxygen atoms in total. The molecular formula is C7H13NO2. The Hall–Kier alpha value is -0.410. The van der Waals surface area contributed by atoms with Crippen molar-refractivity contribution in [1.29, 1.82) is 0 Å². The summed E-state index contributed by atoms with van der Waals surface area (Å²) in [4.78, 5) is 15.9. The monoisotopic (exact) mass is 143 g/mol. The molecule has 3 heteroatoms. The molecule has 0 amide bonds. The standard InChI is InChI=1S/C7H13NO2/c1-7(2,3)5(9)4-6-8-10-6/h6,8H,4H2,1-3H3. The van der Waals surface area contributed by atoms with Gasteiger partial charge in [-0.1, -0.05) is 20.8 Å². The van der Waals surface area contributed by atoms with Gasteiger partial charge in [0.05, 0.1) is 6.42 Å². The third kappa shape index (κ3) is 2.08. The van der Waals surface area contributed by atoms with Crippen molar-refractivity contribution in [1.82, 2.24) is 5.48 Å². The largest absolute Gasteiger partial charge is 0.299 e. The van der Waals surface area contributed by atoms with Crippen LogP contribution in [0.25, 0.3) is 0 Å². The van der Waals surface area contributed by atoms with E-state index in [-0.39, 0.29) is 17.4 Å². The Bertz CT molecular complexity index is 144. The molecule has 1 heterocycles. The van der Waals surface area contributed by atoms with Gasteiger partial charge in [0, 0.05) is 5.41 Å². The van der Waals surface area contributed by atoms with Crippen LogP contribution in [0.2, 0.25) is 0 Å². The van der Waals surface area contributed by atoms with Gasteiger partial charge in [-0.25, -0.2) is 0 Å². The fourth-order valence-corrected chi connectivity index (χ4v) is 0.606. The Labute approximate surface area is 60.7 Å². The molecule has 1 aliphatic rings. The van der Waals surface area contributed by atoms with Gasteiger partial charge in [0.2, 0.25) is 0 Å². The number of ketones is 1. The summed E-state index contributed by atoms with van der Waals surface area (Å²) in [5.74, 6) is 0.238. The van der Waals surface area contributed by atoms with Gasteiger partial charge in [-0.3, -0.25) is 9.63 Å². The lowest BCUT2D eigenvalue weighted by Gasteiger charge is -2.14. The van der Waals surface area contributed by atoms with Gasteiger partial charge in [-0.2, -0.15) is 5.48 Å². The third-order valence-electron chi connectivity index (χ3n) is 1.49. The Kier molecular flexibility index (Phi) is 1.79. The maximum absolute atomic E-state index is 11.2. The van der Waals surface area contributed by atoms with E-state index >= 15 is 0 Å². The summed E-state index contributed by atoms with van der Waals surface area (Å²) in [6.07, 6.45) is 0.482. The van der Waals surface area contributed by atoms with Gasteiger partial charge in [0.15, 0.2) is 6.23 Å². The molecule has 0 aromatic rings. The summed E-state index contributed by atoms with van der Waals surface area (Å²) in [6, 6.07) is 0. The van der Waals surface area contributed by atoms with E-state index in [2.05, 4.69) is 5.48 Å². The minimum Gasteiger partial charge on any atom is -0.299 e. The minimum absolute atomic E-state index is 0.00766. The molecule has 0 radical (unpaired) electrons. The highest BCUT2D eigenvalue weighted by Crippen LogP contribution is 2.20. The van der Waals surface area contributed by atoms with E-state index in [9.17, 15) is 4.79 Å². The van der Waals surface area contributed by atoms with Crippen molar-refractivity contribution in [3.05, 3.63) is 0 Å². The Morgan fingerprint density at radius 3 is 2.40 bits per heavy atom. The lowest BCUT2D eigenvalue weighted by atomic mass is 9.89. The highest BCUT2D eigenvalue weighted by Gasteiger charge is 2.30. The SMILES string of the molecule is CC(C)(C)C(=O)CC1NO1. The molecule has 0 spiro atoms. The van der Waals surface area contributed by atoms with Gasteiger partial charge in [-0.15, -0.1) is 0 Å². The lowest BCUT2D eigenvalue weighted by molar-refractivity contribution is -0.126. The van der Waals surface area contributed by atoms with Crippen LogP contribution in [0.1, 0.15) is 27.2 Å². The fourth-order valence-electron chi connectivity index (χ4n) is 0.606. The second-order valence-corrected chi connectivity index (χ2v) is 3.60. The first-order valence-corrected chi connectivity index (χ1v) is 3.44. The number of carbonyl (C=O) groups is 1. The van der Waals surface area contributed by atoms with Crippen molar-refractivity contribution in [3.8, 4) is 0 Å². The van der Waals surface area contributed by atoms with Crippen molar-refractivity contribution < 1.29 is 9.63 Å². The van der Waals surface area contributed by atoms with Gasteiger partial charge in [0.1, 0.15) is 5.78 Å². The summed E-state index contributed by atoms with van der Waals surface area (Å²) in [5, 5.41) is 0. The van der Waals surface area contributed by atoms with E-state index in [1.807, 2.05) is 20.8 Å². The van der Waals surface area contributed by atoms with Crippen molar-refractivity contribution in [2.75, 3.05) is 0 Å². The van der Waals surface area contributed by atoms with Crippen LogP contribution in [-0.2, 0) is 9.63 Å². The molecule has 1 fully saturated rings. The quantitative estimate of drug-likeness (QED) is 0.583. The van der Waals surface area contributed by atoms with Crippen LogP contribution < -0.4 is 5.48 Å². The molecule has 0 aromatic carbocycles. The first-order chi connectivity index (χ1) is 4.50. The number of hydrogen-bond acceptors (Lipinski definition) is 3. The molecular weight excluding hydrogens is 130 g/mol. The summed E-state index contributed by atoms with van der Waals surface area (Å²) in [5.41, 5.74) is 2.39. The van der Waals surface area contributed by atoms with E-state index in [1.54, 1.807) is 0 Å². The number of Topliss-reactive ketones (excluding diaryl/α,β-unsaturated/α-hetero) is 1. The van der Waals surface area contributed by atoms with Crippen LogP contribution in [0.3, 0.4) is 0 Å². The molecule has 58 valence electrons. The van der Waals surface area contributed by atoms with Gasteiger partial charge < -0.3 is 0 Å². The molecule has 0 aromatic heterocycles. The highest BCUT2D eigenvalue weighted by molar-refractivity contribution is 5.84. The predicted molar refractivity (Wildman–Crippen MR) is 37.1 cm³/mol. The van der Waals surface area contributed by atoms with E-state index < -0.39 is 0 Å². The Morgan fingerprint density at radius 2 is 2.10 bits per heavy atom.